The number of aliphatic hydroxyl groups is 1. The van der Waals surface area contributed by atoms with E-state index in [0.29, 0.717) is 11.2 Å². The molecule has 1 saturated carbocycles. The standard InChI is InChI=1S/C34H43N9O8S/c1-33(2,49)27-18-37-41-43(27)23-16-26(31(47)39-34(28(44)29(35)45)10-12-52(50,51)13-11-34)42(19-23)32(48)25(14-20-6-4-3-5-7-20)38-30(46)21-8-9-22-17-36-40-24(22)15-21/h8-9,15,17-18,20,23,26,49H,3-7,10-14,16,19H2,1-2H3,(H2,35,45)(H,36,40)(H,39,47)/b38-25+/t23-,26-/m0/s1. The Balaban J connectivity index is 1.37. The van der Waals surface area contributed by atoms with Gasteiger partial charge in [-0.2, -0.15) is 5.10 Å². The zero-order valence-electron chi connectivity index (χ0n) is 29.1. The number of aromatic nitrogens is 5. The van der Waals surface area contributed by atoms with Crippen molar-refractivity contribution in [1.29, 1.82) is 0 Å². The smallest absolute Gasteiger partial charge is 0.287 e. The first-order chi connectivity index (χ1) is 24.6. The molecule has 3 aliphatic rings. The van der Waals surface area contributed by atoms with Gasteiger partial charge >= 0.3 is 0 Å². The maximum Gasteiger partial charge on any atom is 0.287 e. The van der Waals surface area contributed by atoms with Gasteiger partial charge in [-0.05, 0) is 51.2 Å². The molecule has 3 fully saturated rings. The van der Waals surface area contributed by atoms with Crippen LogP contribution in [0.3, 0.4) is 0 Å². The van der Waals surface area contributed by atoms with Crippen LogP contribution in [0.15, 0.2) is 35.6 Å². The molecule has 4 heterocycles. The molecule has 1 aromatic carbocycles. The normalized spacial score (nSPS) is 22.3. The van der Waals surface area contributed by atoms with Crippen LogP contribution in [0, 0.1) is 5.92 Å². The first-order valence-electron chi connectivity index (χ1n) is 17.4. The number of fused-ring (bicyclic) bond motifs is 1. The molecule has 4 amide bonds. The van der Waals surface area contributed by atoms with Crippen molar-refractivity contribution in [3.8, 4) is 0 Å². The number of amides is 4. The Morgan fingerprint density at radius 2 is 1.81 bits per heavy atom. The minimum atomic E-state index is -3.53. The summed E-state index contributed by atoms with van der Waals surface area (Å²) in [6.07, 6.45) is 7.05. The second-order valence-electron chi connectivity index (χ2n) is 14.6. The van der Waals surface area contributed by atoms with Crippen LogP contribution in [0.25, 0.3) is 10.9 Å². The number of sulfone groups is 1. The van der Waals surface area contributed by atoms with Gasteiger partial charge in [0.2, 0.25) is 11.7 Å². The number of Topliss-reactive ketones (excluding diaryl/α,β-unsaturated/α-hetero) is 1. The summed E-state index contributed by atoms with van der Waals surface area (Å²) >= 11 is 0. The third-order valence-corrected chi connectivity index (χ3v) is 12.1. The van der Waals surface area contributed by atoms with E-state index >= 15 is 0 Å². The summed E-state index contributed by atoms with van der Waals surface area (Å²) in [7, 11) is -3.53. The van der Waals surface area contributed by atoms with E-state index in [9.17, 15) is 37.5 Å². The van der Waals surface area contributed by atoms with Gasteiger partial charge in [0, 0.05) is 23.9 Å². The van der Waals surface area contributed by atoms with Gasteiger partial charge in [0.1, 0.15) is 22.9 Å². The molecule has 0 unspecified atom stereocenters. The number of ketones is 1. The van der Waals surface area contributed by atoms with E-state index in [1.807, 2.05) is 0 Å². The Morgan fingerprint density at radius 3 is 2.48 bits per heavy atom. The number of likely N-dealkylation sites (tertiary alicyclic amines) is 1. The number of carbonyl (C=O) groups excluding carboxylic acids is 5. The Labute approximate surface area is 299 Å². The van der Waals surface area contributed by atoms with Crippen LogP contribution in [0.1, 0.15) is 93.7 Å². The van der Waals surface area contributed by atoms with E-state index in [1.54, 1.807) is 38.2 Å². The first-order valence-corrected chi connectivity index (χ1v) is 19.2. The van der Waals surface area contributed by atoms with Crippen molar-refractivity contribution < 1.29 is 37.5 Å². The summed E-state index contributed by atoms with van der Waals surface area (Å²) in [5, 5.41) is 29.2. The topological polar surface area (TPSA) is 253 Å². The highest BCUT2D eigenvalue weighted by atomic mass is 32.2. The number of hydrogen-bond donors (Lipinski definition) is 4. The van der Waals surface area contributed by atoms with Crippen molar-refractivity contribution in [1.82, 2.24) is 35.4 Å². The molecule has 6 rings (SSSR count). The van der Waals surface area contributed by atoms with Gasteiger partial charge in [-0.1, -0.05) is 43.4 Å². The van der Waals surface area contributed by atoms with Crippen molar-refractivity contribution >= 4 is 55.9 Å². The summed E-state index contributed by atoms with van der Waals surface area (Å²) < 4.78 is 26.1. The minimum absolute atomic E-state index is 0.0342. The number of primary amides is 1. The Bertz CT molecular complexity index is 2030. The van der Waals surface area contributed by atoms with Crippen LogP contribution < -0.4 is 11.1 Å². The van der Waals surface area contributed by atoms with Gasteiger partial charge in [0.05, 0.1) is 41.2 Å². The van der Waals surface area contributed by atoms with Gasteiger partial charge in [-0.25, -0.2) is 18.1 Å². The Morgan fingerprint density at radius 1 is 1.10 bits per heavy atom. The summed E-state index contributed by atoms with van der Waals surface area (Å²) in [6.45, 7) is 2.98. The summed E-state index contributed by atoms with van der Waals surface area (Å²) in [4.78, 5) is 73.6. The highest BCUT2D eigenvalue weighted by molar-refractivity contribution is 7.91. The molecule has 5 N–H and O–H groups in total. The average molecular weight is 738 g/mol. The molecule has 0 radical (unpaired) electrons. The second-order valence-corrected chi connectivity index (χ2v) is 16.9. The van der Waals surface area contributed by atoms with Gasteiger partial charge in [0.15, 0.2) is 9.84 Å². The third-order valence-electron chi connectivity index (χ3n) is 10.5. The molecule has 1 aliphatic carbocycles. The Kier molecular flexibility index (Phi) is 10.2. The number of H-pyrrole nitrogens is 1. The monoisotopic (exact) mass is 737 g/mol. The fourth-order valence-corrected chi connectivity index (χ4v) is 9.06. The van der Waals surface area contributed by atoms with Crippen LogP contribution in [-0.4, -0.2) is 108 Å². The number of nitrogens with two attached hydrogens (primary N) is 1. The lowest BCUT2D eigenvalue weighted by molar-refractivity contribution is -0.143. The fourth-order valence-electron chi connectivity index (χ4n) is 7.53. The molecule has 18 heteroatoms. The lowest BCUT2D eigenvalue weighted by atomic mass is 9.85. The molecule has 278 valence electrons. The molecule has 3 aromatic rings. The predicted molar refractivity (Wildman–Crippen MR) is 186 cm³/mol. The maximum atomic E-state index is 14.7. The Hall–Kier alpha value is -4.84. The highest BCUT2D eigenvalue weighted by Crippen LogP contribution is 2.34. The van der Waals surface area contributed by atoms with Crippen molar-refractivity contribution in [2.24, 2.45) is 16.6 Å². The number of aromatic amines is 1. The molecule has 2 aliphatic heterocycles. The minimum Gasteiger partial charge on any atom is -0.384 e. The molecule has 52 heavy (non-hydrogen) atoms. The quantitative estimate of drug-likeness (QED) is 0.168. The molecular formula is C34H43N9O8S. The third kappa shape index (κ3) is 7.67. The lowest BCUT2D eigenvalue weighted by Gasteiger charge is -2.37. The molecule has 0 spiro atoms. The SMILES string of the molecule is CC(C)(O)c1cnnn1[C@H]1C[C@@H](C(=O)NC2(C(=O)C(N)=O)CCS(=O)(=O)CC2)N(C(=O)/C(CC2CCCCC2)=N/C(=O)c2ccc3cn[nH]c3c2)C1. The molecular weight excluding hydrogens is 694 g/mol. The van der Waals surface area contributed by atoms with Crippen LogP contribution in [0.5, 0.6) is 0 Å². The van der Waals surface area contributed by atoms with Gasteiger partial charge < -0.3 is 21.1 Å². The summed E-state index contributed by atoms with van der Waals surface area (Å²) in [6, 6.07) is 2.94. The van der Waals surface area contributed by atoms with E-state index < -0.39 is 74.0 Å². The lowest BCUT2D eigenvalue weighted by Crippen LogP contribution is -2.64. The van der Waals surface area contributed by atoms with Gasteiger partial charge in [0.25, 0.3) is 17.7 Å². The molecule has 2 aromatic heterocycles. The van der Waals surface area contributed by atoms with Crippen molar-refractivity contribution in [2.75, 3.05) is 18.1 Å². The number of benzene rings is 1. The van der Waals surface area contributed by atoms with Crippen molar-refractivity contribution in [2.45, 2.75) is 94.9 Å². The number of nitrogens with zero attached hydrogens (tertiary/aromatic N) is 6. The number of aliphatic imine (C=N–C) groups is 1. The van der Waals surface area contributed by atoms with E-state index in [4.69, 9.17) is 5.73 Å². The van der Waals surface area contributed by atoms with E-state index in [2.05, 4.69) is 30.8 Å². The zero-order valence-corrected chi connectivity index (χ0v) is 29.9. The van der Waals surface area contributed by atoms with E-state index in [-0.39, 0.29) is 49.4 Å². The molecule has 0 bridgehead atoms. The molecule has 17 nitrogen and oxygen atoms in total. The van der Waals surface area contributed by atoms with Crippen LogP contribution in [0.4, 0.5) is 0 Å². The molecule has 2 atom stereocenters. The first kappa shape index (κ1) is 36.9. The van der Waals surface area contributed by atoms with Gasteiger partial charge in [-0.15, -0.1) is 5.10 Å². The number of hydrogen-bond acceptors (Lipinski definition) is 11. The summed E-state index contributed by atoms with van der Waals surface area (Å²) in [5.74, 6) is -5.45. The van der Waals surface area contributed by atoms with Crippen molar-refractivity contribution in [3.05, 3.63) is 41.9 Å². The fraction of sp³-hybridized carbons (Fsp3) is 0.559. The summed E-state index contributed by atoms with van der Waals surface area (Å²) in [5.41, 5.74) is 3.22. The highest BCUT2D eigenvalue weighted by Gasteiger charge is 2.50. The average Bonchev–Trinajstić information content (AvgIpc) is 3.88. The zero-order chi connectivity index (χ0) is 37.4. The molecule has 2 saturated heterocycles. The largest absolute Gasteiger partial charge is 0.384 e. The van der Waals surface area contributed by atoms with Gasteiger partial charge in [-0.3, -0.25) is 29.1 Å². The van der Waals surface area contributed by atoms with Crippen molar-refractivity contribution in [3.63, 3.8) is 0 Å². The predicted octanol–water partition coefficient (Wildman–Crippen LogP) is 0.894. The van der Waals surface area contributed by atoms with Crippen LogP contribution in [-0.2, 0) is 34.6 Å². The number of carbonyl (C=O) groups is 5. The maximum absolute atomic E-state index is 14.7. The number of rotatable bonds is 10. The van der Waals surface area contributed by atoms with E-state index in [0.717, 1.165) is 37.5 Å². The van der Waals surface area contributed by atoms with E-state index in [1.165, 1.54) is 15.8 Å². The number of nitrogens with one attached hydrogen (secondary N) is 2. The van der Waals surface area contributed by atoms with Crippen LogP contribution in [0.2, 0.25) is 0 Å². The van der Waals surface area contributed by atoms with Crippen LogP contribution >= 0.6 is 0 Å². The second kappa shape index (κ2) is 14.3.